The lowest BCUT2D eigenvalue weighted by Gasteiger charge is -2.22. The number of rotatable bonds is 2. The molecule has 13 heavy (non-hydrogen) atoms. The van der Waals surface area contributed by atoms with Crippen LogP contribution in [0.15, 0.2) is 24.3 Å². The normalized spacial score (nSPS) is 12.2. The Bertz CT molecular complexity index is 286. The van der Waals surface area contributed by atoms with Crippen LogP contribution >= 0.6 is 7.92 Å². The second-order valence-corrected chi connectivity index (χ2v) is 12.0. The molecule has 0 aliphatic rings. The monoisotopic (exact) mass is 210 g/mol. The highest BCUT2D eigenvalue weighted by molar-refractivity contribution is 7.64. The van der Waals surface area contributed by atoms with Crippen LogP contribution in [0.5, 0.6) is 0 Å². The zero-order valence-corrected chi connectivity index (χ0v) is 11.2. The van der Waals surface area contributed by atoms with E-state index >= 15 is 0 Å². The first-order valence-electron chi connectivity index (χ1n) is 4.70. The zero-order valence-electron chi connectivity index (χ0n) is 9.26. The number of hydrogen-bond acceptors (Lipinski definition) is 0. The Balaban J connectivity index is 3.20. The second-order valence-electron chi connectivity index (χ2n) is 4.66. The molecule has 0 saturated carbocycles. The summed E-state index contributed by atoms with van der Waals surface area (Å²) in [6.45, 7) is 11.9. The molecule has 0 spiro atoms. The molecule has 72 valence electrons. The lowest BCUT2D eigenvalue weighted by atomic mass is 10.4. The van der Waals surface area contributed by atoms with E-state index in [1.165, 1.54) is 0 Å². The van der Waals surface area contributed by atoms with Crippen molar-refractivity contribution in [2.45, 2.75) is 19.6 Å². The summed E-state index contributed by atoms with van der Waals surface area (Å²) in [4.78, 5) is 0. The Morgan fingerprint density at radius 1 is 1.00 bits per heavy atom. The average Bonchev–Trinajstić information content (AvgIpc) is 2.03. The molecule has 0 N–H and O–H groups in total. The van der Waals surface area contributed by atoms with Gasteiger partial charge in [-0.15, -0.1) is 0 Å². The van der Waals surface area contributed by atoms with Crippen molar-refractivity contribution < 1.29 is 0 Å². The predicted molar refractivity (Wildman–Crippen MR) is 67.8 cm³/mol. The highest BCUT2D eigenvalue weighted by Crippen LogP contribution is 2.23. The summed E-state index contributed by atoms with van der Waals surface area (Å²) in [5.41, 5.74) is 0. The van der Waals surface area contributed by atoms with Gasteiger partial charge in [-0.25, -0.2) is 0 Å². The second kappa shape index (κ2) is 3.94. The molecule has 0 saturated heterocycles. The van der Waals surface area contributed by atoms with Crippen molar-refractivity contribution >= 4 is 26.5 Å². The van der Waals surface area contributed by atoms with Crippen LogP contribution in [0, 0.1) is 0 Å². The van der Waals surface area contributed by atoms with Crippen LogP contribution in [0.25, 0.3) is 0 Å². The fraction of sp³-hybridized carbons (Fsp3) is 0.455. The third-order valence-electron chi connectivity index (χ3n) is 2.19. The molecule has 2 heteroatoms. The Hall–Kier alpha value is -0.133. The van der Waals surface area contributed by atoms with Gasteiger partial charge in [0.1, 0.15) is 0 Å². The van der Waals surface area contributed by atoms with Gasteiger partial charge in [0.15, 0.2) is 0 Å². The van der Waals surface area contributed by atoms with Crippen LogP contribution in [0.2, 0.25) is 19.6 Å². The van der Waals surface area contributed by atoms with Crippen molar-refractivity contribution in [1.29, 1.82) is 0 Å². The minimum absolute atomic E-state index is 0.0541. The fourth-order valence-electron chi connectivity index (χ4n) is 1.50. The van der Waals surface area contributed by atoms with Crippen molar-refractivity contribution in [2.75, 3.05) is 13.3 Å². The first-order valence-corrected chi connectivity index (χ1v) is 10.4. The third-order valence-corrected chi connectivity index (χ3v) is 5.81. The van der Waals surface area contributed by atoms with Crippen LogP contribution in [0.3, 0.4) is 0 Å². The van der Waals surface area contributed by atoms with E-state index in [2.05, 4.69) is 57.2 Å². The first-order chi connectivity index (χ1) is 5.93. The summed E-state index contributed by atoms with van der Waals surface area (Å²) in [5.74, 6) is 0. The third kappa shape index (κ3) is 2.65. The maximum atomic E-state index is 2.42. The first kappa shape index (κ1) is 10.9. The van der Waals surface area contributed by atoms with Crippen molar-refractivity contribution in [1.82, 2.24) is 0 Å². The van der Waals surface area contributed by atoms with Crippen LogP contribution < -0.4 is 10.5 Å². The Morgan fingerprint density at radius 2 is 1.54 bits per heavy atom. The zero-order chi connectivity index (χ0) is 10.1. The quantitative estimate of drug-likeness (QED) is 0.520. The van der Waals surface area contributed by atoms with Gasteiger partial charge in [0, 0.05) is 0 Å². The summed E-state index contributed by atoms with van der Waals surface area (Å²) in [7, 11) is -1.07. The standard InChI is InChI=1S/C11H19PSi/c1-12(2)10-8-6-7-9-11(10)13(3,4)5/h6-9H,1-5H3. The number of hydrogen-bond donors (Lipinski definition) is 0. The summed E-state index contributed by atoms with van der Waals surface area (Å²) < 4.78 is 0. The van der Waals surface area contributed by atoms with Gasteiger partial charge in [-0.1, -0.05) is 57.0 Å². The van der Waals surface area contributed by atoms with E-state index in [-0.39, 0.29) is 7.92 Å². The van der Waals surface area contributed by atoms with Gasteiger partial charge in [-0.05, 0) is 18.6 Å². The van der Waals surface area contributed by atoms with Crippen molar-refractivity contribution in [2.24, 2.45) is 0 Å². The largest absolute Gasteiger partial charge is 0.0818 e. The summed E-state index contributed by atoms with van der Waals surface area (Å²) in [6.07, 6.45) is 0. The molecule has 1 aromatic rings. The summed E-state index contributed by atoms with van der Waals surface area (Å²) >= 11 is 0. The SMILES string of the molecule is CP(C)c1ccccc1[Si](C)(C)C. The average molecular weight is 210 g/mol. The van der Waals surface area contributed by atoms with Crippen LogP contribution in [0.4, 0.5) is 0 Å². The van der Waals surface area contributed by atoms with E-state index in [1.807, 2.05) is 0 Å². The molecule has 0 atom stereocenters. The van der Waals surface area contributed by atoms with Gasteiger partial charge in [0.05, 0.1) is 8.07 Å². The molecule has 0 unspecified atom stereocenters. The van der Waals surface area contributed by atoms with E-state index < -0.39 is 8.07 Å². The minimum Gasteiger partial charge on any atom is -0.0818 e. The molecule has 0 amide bonds. The van der Waals surface area contributed by atoms with E-state index in [0.29, 0.717) is 0 Å². The molecule has 0 aliphatic heterocycles. The lowest BCUT2D eigenvalue weighted by molar-refractivity contribution is 1.71. The molecule has 1 aromatic carbocycles. The van der Waals surface area contributed by atoms with Gasteiger partial charge in [-0.2, -0.15) is 0 Å². The topological polar surface area (TPSA) is 0 Å². The summed E-state index contributed by atoms with van der Waals surface area (Å²) in [5, 5.41) is 3.25. The van der Waals surface area contributed by atoms with Gasteiger partial charge in [-0.3, -0.25) is 0 Å². The Morgan fingerprint density at radius 3 is 1.92 bits per heavy atom. The Labute approximate surface area is 84.1 Å². The van der Waals surface area contributed by atoms with Crippen molar-refractivity contribution in [3.63, 3.8) is 0 Å². The fourth-order valence-corrected chi connectivity index (χ4v) is 5.56. The van der Waals surface area contributed by atoms with Crippen LogP contribution in [-0.4, -0.2) is 21.4 Å². The summed E-state index contributed by atoms with van der Waals surface area (Å²) in [6, 6.07) is 8.97. The molecule has 0 aromatic heterocycles. The van der Waals surface area contributed by atoms with Crippen molar-refractivity contribution in [3.05, 3.63) is 24.3 Å². The smallest absolute Gasteiger partial charge is 0.0784 e. The van der Waals surface area contributed by atoms with E-state index in [0.717, 1.165) is 0 Å². The van der Waals surface area contributed by atoms with Gasteiger partial charge >= 0.3 is 0 Å². The molecule has 0 bridgehead atoms. The molecule has 0 fully saturated rings. The molecule has 0 radical (unpaired) electrons. The molecular weight excluding hydrogens is 191 g/mol. The van der Waals surface area contributed by atoms with Gasteiger partial charge < -0.3 is 0 Å². The van der Waals surface area contributed by atoms with E-state index in [4.69, 9.17) is 0 Å². The highest BCUT2D eigenvalue weighted by atomic mass is 31.1. The molecule has 0 nitrogen and oxygen atoms in total. The maximum absolute atomic E-state index is 2.42. The molecule has 0 heterocycles. The maximum Gasteiger partial charge on any atom is 0.0784 e. The Kier molecular flexibility index (Phi) is 3.31. The lowest BCUT2D eigenvalue weighted by Crippen LogP contribution is -2.45. The van der Waals surface area contributed by atoms with Gasteiger partial charge in [0.2, 0.25) is 0 Å². The molecular formula is C11H19PSi. The van der Waals surface area contributed by atoms with Crippen molar-refractivity contribution in [3.8, 4) is 0 Å². The predicted octanol–water partition coefficient (Wildman–Crippen LogP) is 2.60. The van der Waals surface area contributed by atoms with Gasteiger partial charge in [0.25, 0.3) is 0 Å². The highest BCUT2D eigenvalue weighted by Gasteiger charge is 2.20. The minimum atomic E-state index is -1.12. The van der Waals surface area contributed by atoms with Crippen LogP contribution in [0.1, 0.15) is 0 Å². The van der Waals surface area contributed by atoms with E-state index in [9.17, 15) is 0 Å². The van der Waals surface area contributed by atoms with Crippen LogP contribution in [-0.2, 0) is 0 Å². The number of benzene rings is 1. The molecule has 0 aliphatic carbocycles. The molecule has 1 rings (SSSR count). The van der Waals surface area contributed by atoms with E-state index in [1.54, 1.807) is 10.5 Å².